The zero-order chi connectivity index (χ0) is 11.4. The van der Waals surface area contributed by atoms with Gasteiger partial charge in [-0.3, -0.25) is 0 Å². The van der Waals surface area contributed by atoms with Gasteiger partial charge < -0.3 is 15.5 Å². The van der Waals surface area contributed by atoms with Crippen molar-refractivity contribution in [2.24, 2.45) is 0 Å². The van der Waals surface area contributed by atoms with Crippen molar-refractivity contribution in [3.63, 3.8) is 0 Å². The summed E-state index contributed by atoms with van der Waals surface area (Å²) in [6.45, 7) is 3.55. The van der Waals surface area contributed by atoms with Crippen LogP contribution < -0.4 is 5.32 Å². The molecule has 1 rings (SSSR count). The normalized spacial score (nSPS) is 14.3. The molecule has 82 valence electrons. The number of carboxylic acid groups (broad SMARTS) is 1. The van der Waals surface area contributed by atoms with Gasteiger partial charge in [-0.15, -0.1) is 0 Å². The van der Waals surface area contributed by atoms with Gasteiger partial charge in [-0.2, -0.15) is 0 Å². The molecule has 0 fully saturated rings. The quantitative estimate of drug-likeness (QED) is 0.709. The summed E-state index contributed by atoms with van der Waals surface area (Å²) in [5.74, 6) is 0. The average molecular weight is 209 g/mol. The van der Waals surface area contributed by atoms with E-state index in [1.54, 1.807) is 13.0 Å². The number of aryl methyl sites for hydroxylation is 1. The summed E-state index contributed by atoms with van der Waals surface area (Å²) in [6, 6.07) is 6.85. The van der Waals surface area contributed by atoms with Crippen molar-refractivity contribution >= 4 is 6.09 Å². The summed E-state index contributed by atoms with van der Waals surface area (Å²) in [7, 11) is 0. The highest BCUT2D eigenvalue weighted by Crippen LogP contribution is 2.17. The first-order valence-corrected chi connectivity index (χ1v) is 4.75. The van der Waals surface area contributed by atoms with Gasteiger partial charge >= 0.3 is 6.09 Å². The Morgan fingerprint density at radius 2 is 2.13 bits per heavy atom. The van der Waals surface area contributed by atoms with E-state index in [1.165, 1.54) is 0 Å². The van der Waals surface area contributed by atoms with Crippen LogP contribution in [-0.2, 0) is 0 Å². The molecule has 1 aromatic rings. The Kier molecular flexibility index (Phi) is 3.68. The average Bonchev–Trinajstić information content (AvgIpc) is 2.15. The SMILES string of the molecule is Cc1cccc([C@H](O)[C@H](C)NC(=O)O)c1. The molecule has 1 amide bonds. The van der Waals surface area contributed by atoms with Crippen LogP contribution in [0.3, 0.4) is 0 Å². The summed E-state index contributed by atoms with van der Waals surface area (Å²) in [6.07, 6.45) is -1.95. The van der Waals surface area contributed by atoms with Crippen molar-refractivity contribution in [3.05, 3.63) is 35.4 Å². The first kappa shape index (κ1) is 11.5. The van der Waals surface area contributed by atoms with Gasteiger partial charge in [0.05, 0.1) is 12.1 Å². The highest BCUT2D eigenvalue weighted by Gasteiger charge is 2.17. The molecular formula is C11H15NO3. The highest BCUT2D eigenvalue weighted by atomic mass is 16.4. The highest BCUT2D eigenvalue weighted by molar-refractivity contribution is 5.64. The van der Waals surface area contributed by atoms with Gasteiger partial charge in [-0.25, -0.2) is 4.79 Å². The van der Waals surface area contributed by atoms with Crippen LogP contribution >= 0.6 is 0 Å². The van der Waals surface area contributed by atoms with E-state index in [-0.39, 0.29) is 0 Å². The predicted octanol–water partition coefficient (Wildman–Crippen LogP) is 1.68. The number of aliphatic hydroxyl groups excluding tert-OH is 1. The summed E-state index contributed by atoms with van der Waals surface area (Å²) >= 11 is 0. The third kappa shape index (κ3) is 3.25. The van der Waals surface area contributed by atoms with Crippen molar-refractivity contribution in [2.75, 3.05) is 0 Å². The third-order valence-electron chi connectivity index (χ3n) is 2.21. The molecule has 2 atom stereocenters. The summed E-state index contributed by atoms with van der Waals surface area (Å²) in [4.78, 5) is 10.4. The molecule has 0 aliphatic carbocycles. The van der Waals surface area contributed by atoms with Crippen LogP contribution in [0.15, 0.2) is 24.3 Å². The molecule has 0 unspecified atom stereocenters. The van der Waals surface area contributed by atoms with E-state index < -0.39 is 18.2 Å². The van der Waals surface area contributed by atoms with Gasteiger partial charge in [0.15, 0.2) is 0 Å². The van der Waals surface area contributed by atoms with Crippen LogP contribution in [0, 0.1) is 6.92 Å². The Bertz CT molecular complexity index is 351. The zero-order valence-corrected chi connectivity index (χ0v) is 8.77. The number of hydrogen-bond donors (Lipinski definition) is 3. The van der Waals surface area contributed by atoms with E-state index in [4.69, 9.17) is 5.11 Å². The molecule has 15 heavy (non-hydrogen) atoms. The molecule has 0 aliphatic heterocycles. The third-order valence-corrected chi connectivity index (χ3v) is 2.21. The fraction of sp³-hybridized carbons (Fsp3) is 0.364. The molecule has 0 heterocycles. The predicted molar refractivity (Wildman–Crippen MR) is 56.8 cm³/mol. The molecule has 0 aromatic heterocycles. The van der Waals surface area contributed by atoms with Gasteiger partial charge in [0.1, 0.15) is 0 Å². The molecule has 0 bridgehead atoms. The molecule has 0 aliphatic rings. The number of nitrogens with one attached hydrogen (secondary N) is 1. The molecule has 1 aromatic carbocycles. The van der Waals surface area contributed by atoms with Crippen LogP contribution in [0.1, 0.15) is 24.2 Å². The molecule has 0 spiro atoms. The molecule has 4 heteroatoms. The van der Waals surface area contributed by atoms with E-state index in [9.17, 15) is 9.90 Å². The Morgan fingerprint density at radius 3 is 2.67 bits per heavy atom. The smallest absolute Gasteiger partial charge is 0.404 e. The molecule has 0 saturated heterocycles. The summed E-state index contributed by atoms with van der Waals surface area (Å²) in [5, 5.41) is 20.6. The van der Waals surface area contributed by atoms with Gasteiger partial charge in [0.2, 0.25) is 0 Å². The van der Waals surface area contributed by atoms with E-state index in [0.29, 0.717) is 0 Å². The lowest BCUT2D eigenvalue weighted by molar-refractivity contribution is 0.127. The molecule has 4 nitrogen and oxygen atoms in total. The Morgan fingerprint density at radius 1 is 1.47 bits per heavy atom. The second kappa shape index (κ2) is 4.79. The van der Waals surface area contributed by atoms with Gasteiger partial charge in [-0.1, -0.05) is 29.8 Å². The lowest BCUT2D eigenvalue weighted by Gasteiger charge is -2.19. The Labute approximate surface area is 88.6 Å². The topological polar surface area (TPSA) is 69.6 Å². The van der Waals surface area contributed by atoms with Crippen LogP contribution in [0.5, 0.6) is 0 Å². The molecule has 0 saturated carbocycles. The van der Waals surface area contributed by atoms with E-state index in [1.807, 2.05) is 25.1 Å². The Hall–Kier alpha value is -1.55. The van der Waals surface area contributed by atoms with E-state index in [0.717, 1.165) is 11.1 Å². The number of rotatable bonds is 3. The second-order valence-corrected chi connectivity index (χ2v) is 3.60. The fourth-order valence-corrected chi connectivity index (χ4v) is 1.42. The lowest BCUT2D eigenvalue weighted by Crippen LogP contribution is -2.35. The standard InChI is InChI=1S/C11H15NO3/c1-7-4-3-5-9(6-7)10(13)8(2)12-11(14)15/h3-6,8,10,12-13H,1-2H3,(H,14,15)/t8-,10+/m0/s1. The second-order valence-electron chi connectivity index (χ2n) is 3.60. The number of benzene rings is 1. The molecular weight excluding hydrogens is 194 g/mol. The maximum atomic E-state index is 10.4. The van der Waals surface area contributed by atoms with Crippen LogP contribution in [0.25, 0.3) is 0 Å². The minimum Gasteiger partial charge on any atom is -0.465 e. The molecule has 3 N–H and O–H groups in total. The number of aliphatic hydroxyl groups is 1. The minimum atomic E-state index is -1.13. The van der Waals surface area contributed by atoms with Crippen LogP contribution in [0.4, 0.5) is 4.79 Å². The van der Waals surface area contributed by atoms with E-state index in [2.05, 4.69) is 5.32 Å². The monoisotopic (exact) mass is 209 g/mol. The van der Waals surface area contributed by atoms with Crippen molar-refractivity contribution in [1.29, 1.82) is 0 Å². The van der Waals surface area contributed by atoms with Crippen molar-refractivity contribution in [2.45, 2.75) is 26.0 Å². The van der Waals surface area contributed by atoms with Gasteiger partial charge in [0.25, 0.3) is 0 Å². The minimum absolute atomic E-state index is 0.524. The van der Waals surface area contributed by atoms with Crippen molar-refractivity contribution in [3.8, 4) is 0 Å². The van der Waals surface area contributed by atoms with Gasteiger partial charge in [0, 0.05) is 0 Å². The first-order valence-electron chi connectivity index (χ1n) is 4.75. The maximum absolute atomic E-state index is 10.4. The van der Waals surface area contributed by atoms with Crippen LogP contribution in [0.2, 0.25) is 0 Å². The van der Waals surface area contributed by atoms with E-state index >= 15 is 0 Å². The summed E-state index contributed by atoms with van der Waals surface area (Å²) in [5.41, 5.74) is 1.75. The zero-order valence-electron chi connectivity index (χ0n) is 8.77. The number of amides is 1. The number of hydrogen-bond acceptors (Lipinski definition) is 2. The fourth-order valence-electron chi connectivity index (χ4n) is 1.42. The number of carbonyl (C=O) groups is 1. The lowest BCUT2D eigenvalue weighted by atomic mass is 10.0. The van der Waals surface area contributed by atoms with Gasteiger partial charge in [-0.05, 0) is 19.4 Å². The largest absolute Gasteiger partial charge is 0.465 e. The van der Waals surface area contributed by atoms with Crippen molar-refractivity contribution in [1.82, 2.24) is 5.32 Å². The molecule has 0 radical (unpaired) electrons. The first-order chi connectivity index (χ1) is 7.00. The maximum Gasteiger partial charge on any atom is 0.404 e. The Balaban J connectivity index is 2.75. The van der Waals surface area contributed by atoms with Crippen LogP contribution in [-0.4, -0.2) is 22.3 Å². The summed E-state index contributed by atoms with van der Waals surface area (Å²) < 4.78 is 0. The van der Waals surface area contributed by atoms with Crippen molar-refractivity contribution < 1.29 is 15.0 Å².